The Bertz CT molecular complexity index is 421. The lowest BCUT2D eigenvalue weighted by Gasteiger charge is -2.25. The first-order chi connectivity index (χ1) is 8.04. The molecule has 5 heteroatoms. The monoisotopic (exact) mass is 234 g/mol. The summed E-state index contributed by atoms with van der Waals surface area (Å²) < 4.78 is 0. The van der Waals surface area contributed by atoms with Crippen molar-refractivity contribution in [3.05, 3.63) is 17.8 Å². The molecule has 0 radical (unpaired) electrons. The minimum absolute atomic E-state index is 0.200. The number of hydrogen-bond acceptors (Lipinski definition) is 5. The third-order valence-corrected chi connectivity index (χ3v) is 2.95. The van der Waals surface area contributed by atoms with Gasteiger partial charge < -0.3 is 16.2 Å². The second-order valence-corrected chi connectivity index (χ2v) is 4.03. The molecule has 0 aliphatic rings. The fraction of sp³-hybridized carbons (Fsp3) is 0.500. The Morgan fingerprint density at radius 3 is 2.65 bits per heavy atom. The molecular formula is C12H18N4O. The summed E-state index contributed by atoms with van der Waals surface area (Å²) in [7, 11) is 0. The number of nitrogens with two attached hydrogens (primary N) is 1. The van der Waals surface area contributed by atoms with Crippen molar-refractivity contribution in [1.82, 2.24) is 4.98 Å². The highest BCUT2D eigenvalue weighted by Gasteiger charge is 2.21. The molecule has 1 aromatic heterocycles. The quantitative estimate of drug-likeness (QED) is 0.717. The summed E-state index contributed by atoms with van der Waals surface area (Å²) in [6, 6.07) is 5.25. The fourth-order valence-electron chi connectivity index (χ4n) is 1.41. The predicted molar refractivity (Wildman–Crippen MR) is 67.4 cm³/mol. The molecule has 5 nitrogen and oxygen atoms in total. The van der Waals surface area contributed by atoms with E-state index in [0.717, 1.165) is 0 Å². The zero-order valence-electron chi connectivity index (χ0n) is 10.2. The second kappa shape index (κ2) is 5.51. The van der Waals surface area contributed by atoms with Crippen LogP contribution >= 0.6 is 0 Å². The van der Waals surface area contributed by atoms with Crippen molar-refractivity contribution in [3.63, 3.8) is 0 Å². The summed E-state index contributed by atoms with van der Waals surface area (Å²) in [5.74, 6) is 0.552. The van der Waals surface area contributed by atoms with Crippen molar-refractivity contribution in [2.24, 2.45) is 0 Å². The van der Waals surface area contributed by atoms with Crippen LogP contribution in [0.2, 0.25) is 0 Å². The van der Waals surface area contributed by atoms with E-state index in [1.54, 1.807) is 12.1 Å². The SMILES string of the molecule is CCC(O)(CC)CNc1ccc(N)c(C#N)n1. The molecule has 0 aromatic carbocycles. The number of nitrogens with one attached hydrogen (secondary N) is 1. The Balaban J connectivity index is 2.74. The average Bonchev–Trinajstić information content (AvgIpc) is 2.37. The minimum Gasteiger partial charge on any atom is -0.396 e. The van der Waals surface area contributed by atoms with Gasteiger partial charge in [0.1, 0.15) is 11.9 Å². The van der Waals surface area contributed by atoms with E-state index in [1.807, 2.05) is 19.9 Å². The van der Waals surface area contributed by atoms with E-state index in [2.05, 4.69) is 10.3 Å². The molecule has 92 valence electrons. The second-order valence-electron chi connectivity index (χ2n) is 4.03. The smallest absolute Gasteiger partial charge is 0.165 e. The Morgan fingerprint density at radius 2 is 2.12 bits per heavy atom. The van der Waals surface area contributed by atoms with Crippen LogP contribution in [0.5, 0.6) is 0 Å². The molecule has 4 N–H and O–H groups in total. The Kier molecular flexibility index (Phi) is 4.30. The first-order valence-electron chi connectivity index (χ1n) is 5.67. The van der Waals surface area contributed by atoms with Crippen molar-refractivity contribution in [2.45, 2.75) is 32.3 Å². The molecule has 17 heavy (non-hydrogen) atoms. The maximum absolute atomic E-state index is 10.1. The van der Waals surface area contributed by atoms with Gasteiger partial charge in [0.05, 0.1) is 11.3 Å². The minimum atomic E-state index is -0.740. The lowest BCUT2D eigenvalue weighted by Crippen LogP contribution is -2.35. The molecule has 0 amide bonds. The Morgan fingerprint density at radius 1 is 1.47 bits per heavy atom. The highest BCUT2D eigenvalue weighted by molar-refractivity contribution is 5.54. The zero-order chi connectivity index (χ0) is 12.9. The summed E-state index contributed by atoms with van der Waals surface area (Å²) in [5.41, 5.74) is 5.39. The molecule has 0 atom stereocenters. The third-order valence-electron chi connectivity index (χ3n) is 2.95. The zero-order valence-corrected chi connectivity index (χ0v) is 10.2. The van der Waals surface area contributed by atoms with E-state index in [-0.39, 0.29) is 5.69 Å². The summed E-state index contributed by atoms with van der Waals surface area (Å²) in [5, 5.41) is 21.9. The highest BCUT2D eigenvalue weighted by atomic mass is 16.3. The number of hydrogen-bond donors (Lipinski definition) is 3. The van der Waals surface area contributed by atoms with E-state index in [1.165, 1.54) is 0 Å². The molecule has 0 fully saturated rings. The van der Waals surface area contributed by atoms with Gasteiger partial charge in [0.2, 0.25) is 0 Å². The van der Waals surface area contributed by atoms with Gasteiger partial charge in [-0.2, -0.15) is 5.26 Å². The molecule has 0 saturated carbocycles. The van der Waals surface area contributed by atoms with E-state index >= 15 is 0 Å². The van der Waals surface area contributed by atoms with Crippen molar-refractivity contribution < 1.29 is 5.11 Å². The van der Waals surface area contributed by atoms with E-state index in [9.17, 15) is 5.11 Å². The van der Waals surface area contributed by atoms with Crippen molar-refractivity contribution >= 4 is 11.5 Å². The van der Waals surface area contributed by atoms with Gasteiger partial charge in [0.15, 0.2) is 5.69 Å². The summed E-state index contributed by atoms with van der Waals surface area (Å²) in [4.78, 5) is 4.05. The van der Waals surface area contributed by atoms with Gasteiger partial charge in [0.25, 0.3) is 0 Å². The molecular weight excluding hydrogens is 216 g/mol. The predicted octanol–water partition coefficient (Wildman–Crippen LogP) is 1.50. The van der Waals surface area contributed by atoms with Gasteiger partial charge in [-0.3, -0.25) is 0 Å². The van der Waals surface area contributed by atoms with Crippen LogP contribution in [0.3, 0.4) is 0 Å². The third kappa shape index (κ3) is 3.33. The highest BCUT2D eigenvalue weighted by Crippen LogP contribution is 2.17. The molecule has 0 unspecified atom stereocenters. The van der Waals surface area contributed by atoms with Crippen molar-refractivity contribution in [1.29, 1.82) is 5.26 Å². The molecule has 1 heterocycles. The Hall–Kier alpha value is -1.80. The van der Waals surface area contributed by atoms with Crippen molar-refractivity contribution in [3.8, 4) is 6.07 Å². The normalized spacial score (nSPS) is 10.9. The first kappa shape index (κ1) is 13.3. The van der Waals surface area contributed by atoms with Crippen LogP contribution in [-0.4, -0.2) is 22.2 Å². The molecule has 0 aliphatic carbocycles. The summed E-state index contributed by atoms with van der Waals surface area (Å²) >= 11 is 0. The lowest BCUT2D eigenvalue weighted by molar-refractivity contribution is 0.0456. The number of aliphatic hydroxyl groups is 1. The van der Waals surface area contributed by atoms with Crippen LogP contribution < -0.4 is 11.1 Å². The number of aromatic nitrogens is 1. The van der Waals surface area contributed by atoms with Crippen LogP contribution in [0.4, 0.5) is 11.5 Å². The van der Waals surface area contributed by atoms with Crippen LogP contribution in [-0.2, 0) is 0 Å². The number of rotatable bonds is 5. The number of nitrogens with zero attached hydrogens (tertiary/aromatic N) is 2. The topological polar surface area (TPSA) is 95.0 Å². The number of pyridine rings is 1. The van der Waals surface area contributed by atoms with Gasteiger partial charge in [0, 0.05) is 6.54 Å². The maximum Gasteiger partial charge on any atom is 0.165 e. The fourth-order valence-corrected chi connectivity index (χ4v) is 1.41. The molecule has 0 aliphatic heterocycles. The standard InChI is InChI=1S/C12H18N4O/c1-3-12(17,4-2)8-15-11-6-5-9(14)10(7-13)16-11/h5-6,17H,3-4,8,14H2,1-2H3,(H,15,16). The van der Waals surface area contributed by atoms with E-state index in [4.69, 9.17) is 11.0 Å². The van der Waals surface area contributed by atoms with E-state index in [0.29, 0.717) is 30.9 Å². The number of anilines is 2. The van der Waals surface area contributed by atoms with Gasteiger partial charge >= 0.3 is 0 Å². The molecule has 0 saturated heterocycles. The average molecular weight is 234 g/mol. The van der Waals surface area contributed by atoms with Gasteiger partial charge in [-0.15, -0.1) is 0 Å². The van der Waals surface area contributed by atoms with Crippen LogP contribution in [0, 0.1) is 11.3 Å². The molecule has 1 aromatic rings. The van der Waals surface area contributed by atoms with Gasteiger partial charge in [-0.1, -0.05) is 13.8 Å². The maximum atomic E-state index is 10.1. The van der Waals surface area contributed by atoms with E-state index < -0.39 is 5.60 Å². The largest absolute Gasteiger partial charge is 0.396 e. The Labute approximate surface area is 101 Å². The van der Waals surface area contributed by atoms with Gasteiger partial charge in [-0.05, 0) is 25.0 Å². The van der Waals surface area contributed by atoms with Crippen LogP contribution in [0.15, 0.2) is 12.1 Å². The van der Waals surface area contributed by atoms with Gasteiger partial charge in [-0.25, -0.2) is 4.98 Å². The van der Waals surface area contributed by atoms with Crippen LogP contribution in [0.1, 0.15) is 32.4 Å². The molecule has 0 bridgehead atoms. The number of nitriles is 1. The summed E-state index contributed by atoms with van der Waals surface area (Å²) in [6.07, 6.45) is 1.33. The molecule has 1 rings (SSSR count). The molecule has 0 spiro atoms. The summed E-state index contributed by atoms with van der Waals surface area (Å²) in [6.45, 7) is 4.27. The first-order valence-corrected chi connectivity index (χ1v) is 5.67. The van der Waals surface area contributed by atoms with Crippen LogP contribution in [0.25, 0.3) is 0 Å². The van der Waals surface area contributed by atoms with Crippen molar-refractivity contribution in [2.75, 3.05) is 17.6 Å². The number of nitrogen functional groups attached to an aromatic ring is 1. The lowest BCUT2D eigenvalue weighted by atomic mass is 9.98.